The van der Waals surface area contributed by atoms with Gasteiger partial charge in [-0.3, -0.25) is 9.69 Å². The van der Waals surface area contributed by atoms with E-state index in [9.17, 15) is 4.79 Å². The second kappa shape index (κ2) is 8.92. The van der Waals surface area contributed by atoms with E-state index < -0.39 is 6.23 Å². The molecule has 8 heteroatoms. The number of nitrogens with zero attached hydrogens (tertiary/aromatic N) is 4. The number of unbranched alkanes of at least 4 members (excludes halogenated alkanes) is 2. The van der Waals surface area contributed by atoms with E-state index in [-0.39, 0.29) is 5.91 Å². The molecule has 150 valence electrons. The van der Waals surface area contributed by atoms with Crippen molar-refractivity contribution < 1.29 is 9.53 Å². The minimum absolute atomic E-state index is 0.106. The van der Waals surface area contributed by atoms with E-state index in [0.29, 0.717) is 16.7 Å². The van der Waals surface area contributed by atoms with Gasteiger partial charge in [-0.2, -0.15) is 4.98 Å². The predicted octanol–water partition coefficient (Wildman–Crippen LogP) is 5.33. The summed E-state index contributed by atoms with van der Waals surface area (Å²) in [7, 11) is 0. The number of thiophene rings is 1. The monoisotopic (exact) mass is 426 g/mol. The first-order chi connectivity index (χ1) is 14.2. The molecular formula is C21H22N4O2S2. The Morgan fingerprint density at radius 2 is 2.07 bits per heavy atom. The summed E-state index contributed by atoms with van der Waals surface area (Å²) < 4.78 is 6.31. The number of para-hydroxylation sites is 1. The second-order valence-electron chi connectivity index (χ2n) is 6.70. The number of thioether (sulfide) groups is 1. The van der Waals surface area contributed by atoms with Gasteiger partial charge in [0.05, 0.1) is 10.6 Å². The molecule has 6 nitrogen and oxygen atoms in total. The zero-order chi connectivity index (χ0) is 20.2. The number of carbonyl (C=O) groups is 1. The van der Waals surface area contributed by atoms with E-state index in [1.165, 1.54) is 12.8 Å². The third-order valence-electron chi connectivity index (χ3n) is 4.62. The van der Waals surface area contributed by atoms with Crippen LogP contribution in [0.2, 0.25) is 0 Å². The number of fused-ring (bicyclic) bond motifs is 3. The van der Waals surface area contributed by atoms with Crippen molar-refractivity contribution >= 4 is 34.7 Å². The molecule has 1 atom stereocenters. The van der Waals surface area contributed by atoms with Gasteiger partial charge in [-0.1, -0.05) is 55.8 Å². The van der Waals surface area contributed by atoms with Crippen molar-refractivity contribution in [3.8, 4) is 17.1 Å². The Kier molecular flexibility index (Phi) is 6.10. The third-order valence-corrected chi connectivity index (χ3v) is 6.44. The number of amides is 1. The lowest BCUT2D eigenvalue weighted by atomic mass is 10.1. The number of carbonyl (C=O) groups excluding carboxylic acids is 1. The maximum Gasteiger partial charge on any atom is 0.247 e. The molecule has 0 fully saturated rings. The van der Waals surface area contributed by atoms with Crippen LogP contribution in [0.15, 0.2) is 46.9 Å². The average molecular weight is 427 g/mol. The molecule has 0 saturated carbocycles. The fraction of sp³-hybridized carbons (Fsp3) is 0.333. The number of anilines is 1. The maximum absolute atomic E-state index is 12.6. The first kappa shape index (κ1) is 19.8. The van der Waals surface area contributed by atoms with Gasteiger partial charge >= 0.3 is 0 Å². The molecule has 1 aliphatic rings. The van der Waals surface area contributed by atoms with Crippen molar-refractivity contribution in [2.24, 2.45) is 0 Å². The SMILES string of the molecule is CCCCCSc1nnc2c(n1)O[C@H](c1cccs1)N(C(C)=O)c1ccccc1-2. The Bertz CT molecular complexity index is 994. The van der Waals surface area contributed by atoms with Gasteiger partial charge in [0.15, 0.2) is 5.69 Å². The van der Waals surface area contributed by atoms with Crippen LogP contribution < -0.4 is 9.64 Å². The van der Waals surface area contributed by atoms with E-state index in [4.69, 9.17) is 4.74 Å². The Balaban J connectivity index is 1.77. The molecule has 3 aromatic rings. The summed E-state index contributed by atoms with van der Waals surface area (Å²) in [6.07, 6.45) is 2.88. The van der Waals surface area contributed by atoms with E-state index in [2.05, 4.69) is 22.1 Å². The third kappa shape index (κ3) is 4.13. The highest BCUT2D eigenvalue weighted by Crippen LogP contribution is 2.44. The number of benzene rings is 1. The number of ether oxygens (including phenoxy) is 1. The molecule has 0 saturated heterocycles. The minimum Gasteiger partial charge on any atom is -0.446 e. The van der Waals surface area contributed by atoms with Crippen LogP contribution in [0, 0.1) is 0 Å². The molecule has 0 radical (unpaired) electrons. The summed E-state index contributed by atoms with van der Waals surface area (Å²) in [4.78, 5) is 19.9. The fourth-order valence-electron chi connectivity index (χ4n) is 3.25. The normalized spacial score (nSPS) is 15.2. The summed E-state index contributed by atoms with van der Waals surface area (Å²) in [5.41, 5.74) is 2.10. The Morgan fingerprint density at radius 1 is 1.21 bits per heavy atom. The zero-order valence-electron chi connectivity index (χ0n) is 16.4. The van der Waals surface area contributed by atoms with Crippen LogP contribution in [0.25, 0.3) is 11.3 Å². The van der Waals surface area contributed by atoms with Gasteiger partial charge < -0.3 is 4.74 Å². The highest BCUT2D eigenvalue weighted by molar-refractivity contribution is 7.99. The van der Waals surface area contributed by atoms with Gasteiger partial charge in [-0.15, -0.1) is 21.5 Å². The van der Waals surface area contributed by atoms with Gasteiger partial charge in [-0.05, 0) is 23.9 Å². The van der Waals surface area contributed by atoms with Gasteiger partial charge in [0, 0.05) is 18.2 Å². The standard InChI is InChI=1S/C21H22N4O2S2/c1-3-4-7-12-29-21-22-19-18(23-24-21)15-9-5-6-10-16(15)25(14(2)26)20(27-19)17-11-8-13-28-17/h5-6,8-11,13,20H,3-4,7,12H2,1-2H3/t20-/m1/s1. The number of hydrogen-bond donors (Lipinski definition) is 0. The van der Waals surface area contributed by atoms with Crippen LogP contribution in [-0.4, -0.2) is 26.8 Å². The largest absolute Gasteiger partial charge is 0.446 e. The molecule has 1 aliphatic heterocycles. The Labute approximate surface area is 178 Å². The first-order valence-electron chi connectivity index (χ1n) is 9.65. The zero-order valence-corrected chi connectivity index (χ0v) is 18.0. The van der Waals surface area contributed by atoms with E-state index in [1.807, 2.05) is 41.8 Å². The van der Waals surface area contributed by atoms with Crippen LogP contribution in [0.3, 0.4) is 0 Å². The van der Waals surface area contributed by atoms with Crippen molar-refractivity contribution in [2.75, 3.05) is 10.7 Å². The molecule has 4 rings (SSSR count). The quantitative estimate of drug-likeness (QED) is 0.392. The van der Waals surface area contributed by atoms with Crippen molar-refractivity contribution in [1.29, 1.82) is 0 Å². The second-order valence-corrected chi connectivity index (χ2v) is 8.74. The summed E-state index contributed by atoms with van der Waals surface area (Å²) in [5, 5.41) is 11.3. The smallest absolute Gasteiger partial charge is 0.247 e. The highest BCUT2D eigenvalue weighted by Gasteiger charge is 2.34. The summed E-state index contributed by atoms with van der Waals surface area (Å²) in [6.45, 7) is 3.73. The van der Waals surface area contributed by atoms with E-state index in [0.717, 1.165) is 28.3 Å². The first-order valence-corrected chi connectivity index (χ1v) is 11.5. The Morgan fingerprint density at radius 3 is 2.83 bits per heavy atom. The van der Waals surface area contributed by atoms with E-state index in [1.54, 1.807) is 34.9 Å². The molecular weight excluding hydrogens is 404 g/mol. The number of hydrogen-bond acceptors (Lipinski definition) is 7. The highest BCUT2D eigenvalue weighted by atomic mass is 32.2. The topological polar surface area (TPSA) is 68.2 Å². The van der Waals surface area contributed by atoms with Crippen LogP contribution in [0.5, 0.6) is 5.88 Å². The molecule has 0 spiro atoms. The number of rotatable bonds is 6. The lowest BCUT2D eigenvalue weighted by Crippen LogP contribution is -2.35. The van der Waals surface area contributed by atoms with E-state index >= 15 is 0 Å². The minimum atomic E-state index is -0.593. The van der Waals surface area contributed by atoms with Gasteiger partial charge in [0.2, 0.25) is 23.2 Å². The maximum atomic E-state index is 12.6. The predicted molar refractivity (Wildman–Crippen MR) is 116 cm³/mol. The molecule has 0 aliphatic carbocycles. The van der Waals surface area contributed by atoms with Crippen LogP contribution in [0.4, 0.5) is 5.69 Å². The molecule has 0 bridgehead atoms. The molecule has 3 heterocycles. The van der Waals surface area contributed by atoms with Gasteiger partial charge in [-0.25, -0.2) is 0 Å². The van der Waals surface area contributed by atoms with Gasteiger partial charge in [0.25, 0.3) is 0 Å². The molecule has 0 N–H and O–H groups in total. The molecule has 29 heavy (non-hydrogen) atoms. The summed E-state index contributed by atoms with van der Waals surface area (Å²) in [5.74, 6) is 1.25. The van der Waals surface area contributed by atoms with Crippen LogP contribution in [0.1, 0.15) is 44.2 Å². The van der Waals surface area contributed by atoms with Crippen LogP contribution >= 0.6 is 23.1 Å². The summed E-state index contributed by atoms with van der Waals surface area (Å²) in [6, 6.07) is 11.6. The fourth-order valence-corrected chi connectivity index (χ4v) is 4.76. The average Bonchev–Trinajstić information content (AvgIpc) is 3.21. The molecule has 2 aromatic heterocycles. The lowest BCUT2D eigenvalue weighted by molar-refractivity contribution is -0.118. The molecule has 1 amide bonds. The van der Waals surface area contributed by atoms with Crippen LogP contribution in [-0.2, 0) is 4.79 Å². The van der Waals surface area contributed by atoms with Crippen molar-refractivity contribution in [3.63, 3.8) is 0 Å². The Hall–Kier alpha value is -2.45. The van der Waals surface area contributed by atoms with Crippen molar-refractivity contribution in [3.05, 3.63) is 46.7 Å². The van der Waals surface area contributed by atoms with Crippen molar-refractivity contribution in [2.45, 2.75) is 44.5 Å². The lowest BCUT2D eigenvalue weighted by Gasteiger charge is -2.28. The van der Waals surface area contributed by atoms with Gasteiger partial charge in [0.1, 0.15) is 0 Å². The molecule has 1 aromatic carbocycles. The van der Waals surface area contributed by atoms with Crippen molar-refractivity contribution in [1.82, 2.24) is 15.2 Å². The molecule has 0 unspecified atom stereocenters. The number of aromatic nitrogens is 3. The summed E-state index contributed by atoms with van der Waals surface area (Å²) >= 11 is 3.13.